The first-order chi connectivity index (χ1) is 12.3. The Morgan fingerprint density at radius 1 is 1.22 bits per heavy atom. The highest BCUT2D eigenvalue weighted by atomic mass is 35.5. The standard InChI is InChI=1S/C18H25ClN4O3.ClH/c1-12(2)17(20)18(26)21-9-15(24)23-8-7-22(16(25)11-23)10-13-3-5-14(19)6-4-13;/h3-6,12,17H,7-11,20H2,1-2H3,(H,21,26);1H/t17-;/m0./s1. The van der Waals surface area contributed by atoms with Gasteiger partial charge in [-0.05, 0) is 23.6 Å². The van der Waals surface area contributed by atoms with Crippen LogP contribution in [0.15, 0.2) is 24.3 Å². The first-order valence-electron chi connectivity index (χ1n) is 8.61. The van der Waals surface area contributed by atoms with Crippen LogP contribution in [0.5, 0.6) is 0 Å². The normalized spacial score (nSPS) is 15.4. The lowest BCUT2D eigenvalue weighted by Gasteiger charge is -2.34. The van der Waals surface area contributed by atoms with E-state index in [1.807, 2.05) is 26.0 Å². The van der Waals surface area contributed by atoms with Crippen LogP contribution in [0.1, 0.15) is 19.4 Å². The summed E-state index contributed by atoms with van der Waals surface area (Å²) in [4.78, 5) is 39.5. The number of halogens is 2. The van der Waals surface area contributed by atoms with Gasteiger partial charge in [0.1, 0.15) is 0 Å². The van der Waals surface area contributed by atoms with E-state index in [0.29, 0.717) is 24.7 Å². The third-order valence-electron chi connectivity index (χ3n) is 4.39. The van der Waals surface area contributed by atoms with E-state index in [2.05, 4.69) is 5.32 Å². The molecule has 1 heterocycles. The minimum atomic E-state index is -0.652. The average molecular weight is 417 g/mol. The lowest BCUT2D eigenvalue weighted by atomic mass is 10.1. The van der Waals surface area contributed by atoms with Gasteiger partial charge in [0.25, 0.3) is 0 Å². The van der Waals surface area contributed by atoms with Gasteiger partial charge in [-0.3, -0.25) is 14.4 Å². The summed E-state index contributed by atoms with van der Waals surface area (Å²) >= 11 is 5.86. The fourth-order valence-electron chi connectivity index (χ4n) is 2.59. The van der Waals surface area contributed by atoms with Crippen molar-refractivity contribution in [3.63, 3.8) is 0 Å². The summed E-state index contributed by atoms with van der Waals surface area (Å²) in [5, 5.41) is 3.19. The van der Waals surface area contributed by atoms with E-state index in [-0.39, 0.29) is 49.1 Å². The number of hydrogen-bond acceptors (Lipinski definition) is 4. The van der Waals surface area contributed by atoms with E-state index in [1.165, 1.54) is 4.90 Å². The van der Waals surface area contributed by atoms with Crippen molar-refractivity contribution in [2.24, 2.45) is 11.7 Å². The molecule has 27 heavy (non-hydrogen) atoms. The maximum atomic E-state index is 12.3. The molecule has 3 N–H and O–H groups in total. The highest BCUT2D eigenvalue weighted by Crippen LogP contribution is 2.13. The Morgan fingerprint density at radius 2 is 1.85 bits per heavy atom. The summed E-state index contributed by atoms with van der Waals surface area (Å²) in [6.07, 6.45) is 0. The summed E-state index contributed by atoms with van der Waals surface area (Å²) < 4.78 is 0. The minimum absolute atomic E-state index is 0. The molecule has 0 radical (unpaired) electrons. The van der Waals surface area contributed by atoms with Crippen molar-refractivity contribution in [2.75, 3.05) is 26.2 Å². The maximum Gasteiger partial charge on any atom is 0.242 e. The minimum Gasteiger partial charge on any atom is -0.346 e. The molecule has 1 atom stereocenters. The molecule has 1 aromatic carbocycles. The van der Waals surface area contributed by atoms with Gasteiger partial charge >= 0.3 is 0 Å². The van der Waals surface area contributed by atoms with Gasteiger partial charge in [0.05, 0.1) is 19.1 Å². The zero-order chi connectivity index (χ0) is 19.3. The summed E-state index contributed by atoms with van der Waals surface area (Å²) in [5.41, 5.74) is 6.73. The number of hydrogen-bond donors (Lipinski definition) is 2. The van der Waals surface area contributed by atoms with E-state index in [1.54, 1.807) is 17.0 Å². The van der Waals surface area contributed by atoms with Gasteiger partial charge in [-0.1, -0.05) is 37.6 Å². The molecule has 7 nitrogen and oxygen atoms in total. The molecule has 1 aromatic rings. The van der Waals surface area contributed by atoms with Crippen LogP contribution in [-0.2, 0) is 20.9 Å². The van der Waals surface area contributed by atoms with Crippen molar-refractivity contribution < 1.29 is 14.4 Å². The highest BCUT2D eigenvalue weighted by molar-refractivity contribution is 6.30. The molecular weight excluding hydrogens is 391 g/mol. The molecule has 1 aliphatic heterocycles. The van der Waals surface area contributed by atoms with Gasteiger partial charge in [-0.2, -0.15) is 0 Å². The monoisotopic (exact) mass is 416 g/mol. The lowest BCUT2D eigenvalue weighted by Crippen LogP contribution is -2.54. The number of rotatable bonds is 6. The topological polar surface area (TPSA) is 95.7 Å². The summed E-state index contributed by atoms with van der Waals surface area (Å²) in [5.74, 6) is -0.775. The molecule has 3 amide bonds. The summed E-state index contributed by atoms with van der Waals surface area (Å²) in [6, 6.07) is 6.67. The SMILES string of the molecule is CC(C)[C@H](N)C(=O)NCC(=O)N1CCN(Cc2ccc(Cl)cc2)C(=O)C1.Cl. The number of nitrogens with two attached hydrogens (primary N) is 1. The zero-order valence-corrected chi connectivity index (χ0v) is 17.1. The Kier molecular flexibility index (Phi) is 9.02. The van der Waals surface area contributed by atoms with Crippen LogP contribution in [0.25, 0.3) is 0 Å². The molecule has 0 bridgehead atoms. The third-order valence-corrected chi connectivity index (χ3v) is 4.64. The fraction of sp³-hybridized carbons (Fsp3) is 0.500. The first kappa shape index (κ1) is 23.2. The second kappa shape index (κ2) is 10.5. The van der Waals surface area contributed by atoms with Crippen molar-refractivity contribution in [3.05, 3.63) is 34.9 Å². The van der Waals surface area contributed by atoms with Gasteiger partial charge in [-0.15, -0.1) is 12.4 Å². The van der Waals surface area contributed by atoms with Crippen molar-refractivity contribution in [1.29, 1.82) is 0 Å². The zero-order valence-electron chi connectivity index (χ0n) is 15.5. The van der Waals surface area contributed by atoms with Crippen LogP contribution in [0.2, 0.25) is 5.02 Å². The Morgan fingerprint density at radius 3 is 2.41 bits per heavy atom. The smallest absolute Gasteiger partial charge is 0.242 e. The Bertz CT molecular complexity index is 667. The third kappa shape index (κ3) is 6.68. The average Bonchev–Trinajstić information content (AvgIpc) is 2.62. The van der Waals surface area contributed by atoms with E-state index >= 15 is 0 Å². The number of nitrogens with one attached hydrogen (secondary N) is 1. The maximum absolute atomic E-state index is 12.3. The molecule has 0 unspecified atom stereocenters. The van der Waals surface area contributed by atoms with Crippen LogP contribution in [0, 0.1) is 5.92 Å². The van der Waals surface area contributed by atoms with E-state index < -0.39 is 6.04 Å². The summed E-state index contributed by atoms with van der Waals surface area (Å²) in [6.45, 7) is 4.91. The van der Waals surface area contributed by atoms with Crippen molar-refractivity contribution in [3.8, 4) is 0 Å². The van der Waals surface area contributed by atoms with Gasteiger partial charge in [0, 0.05) is 24.7 Å². The largest absolute Gasteiger partial charge is 0.346 e. The second-order valence-corrected chi connectivity index (χ2v) is 7.18. The van der Waals surface area contributed by atoms with Gasteiger partial charge < -0.3 is 20.9 Å². The number of benzene rings is 1. The molecule has 9 heteroatoms. The highest BCUT2D eigenvalue weighted by Gasteiger charge is 2.27. The van der Waals surface area contributed by atoms with Crippen LogP contribution in [-0.4, -0.2) is 59.7 Å². The molecule has 1 aliphatic rings. The predicted molar refractivity (Wildman–Crippen MR) is 107 cm³/mol. The first-order valence-corrected chi connectivity index (χ1v) is 8.99. The summed E-state index contributed by atoms with van der Waals surface area (Å²) in [7, 11) is 0. The van der Waals surface area contributed by atoms with Crippen LogP contribution < -0.4 is 11.1 Å². The van der Waals surface area contributed by atoms with Crippen molar-refractivity contribution in [2.45, 2.75) is 26.4 Å². The number of amides is 3. The molecule has 0 aromatic heterocycles. The van der Waals surface area contributed by atoms with Gasteiger partial charge in [-0.25, -0.2) is 0 Å². The fourth-order valence-corrected chi connectivity index (χ4v) is 2.72. The number of nitrogens with zero attached hydrogens (tertiary/aromatic N) is 2. The van der Waals surface area contributed by atoms with Crippen molar-refractivity contribution >= 4 is 41.7 Å². The molecule has 0 spiro atoms. The number of piperazine rings is 1. The van der Waals surface area contributed by atoms with Crippen molar-refractivity contribution in [1.82, 2.24) is 15.1 Å². The Labute approximate surface area is 170 Å². The number of carbonyl (C=O) groups is 3. The molecular formula is C18H26Cl2N4O3. The number of carbonyl (C=O) groups excluding carboxylic acids is 3. The van der Waals surface area contributed by atoms with Gasteiger partial charge in [0.15, 0.2) is 0 Å². The van der Waals surface area contributed by atoms with Crippen LogP contribution >= 0.6 is 24.0 Å². The molecule has 150 valence electrons. The molecule has 0 saturated carbocycles. The Hall–Kier alpha value is -1.83. The van der Waals surface area contributed by atoms with Crippen LogP contribution in [0.3, 0.4) is 0 Å². The molecule has 1 saturated heterocycles. The van der Waals surface area contributed by atoms with E-state index in [0.717, 1.165) is 5.56 Å². The van der Waals surface area contributed by atoms with E-state index in [9.17, 15) is 14.4 Å². The Balaban J connectivity index is 0.00000364. The molecule has 2 rings (SSSR count). The molecule has 1 fully saturated rings. The van der Waals surface area contributed by atoms with Gasteiger partial charge in [0.2, 0.25) is 17.7 Å². The predicted octanol–water partition coefficient (Wildman–Crippen LogP) is 1.03. The molecule has 0 aliphatic carbocycles. The quantitative estimate of drug-likeness (QED) is 0.723. The second-order valence-electron chi connectivity index (χ2n) is 6.74. The van der Waals surface area contributed by atoms with Crippen LogP contribution in [0.4, 0.5) is 0 Å². The van der Waals surface area contributed by atoms with E-state index in [4.69, 9.17) is 17.3 Å². The lowest BCUT2D eigenvalue weighted by molar-refractivity contribution is -0.145.